The van der Waals surface area contributed by atoms with Gasteiger partial charge in [0.05, 0.1) is 17.7 Å². The summed E-state index contributed by atoms with van der Waals surface area (Å²) in [4.78, 5) is 25.3. The fraction of sp³-hybridized carbons (Fsp3) is 0.588. The SMILES string of the molecule is CNC(=O)C1(C)CCN(CCOc2ccccc2C(F)(F)F)CC1.CNC(=O)C1(C)CCNCC1.Cl.FC(F)(F)c1ccccc1OCCBr. The van der Waals surface area contributed by atoms with Crippen molar-refractivity contribution in [3.8, 4) is 11.5 Å². The zero-order valence-electron chi connectivity index (χ0n) is 28.7. The molecule has 2 aromatic rings. The van der Waals surface area contributed by atoms with Gasteiger partial charge in [0.25, 0.3) is 0 Å². The van der Waals surface area contributed by atoms with Crippen molar-refractivity contribution in [1.82, 2.24) is 20.9 Å². The molecule has 2 saturated heterocycles. The molecule has 50 heavy (non-hydrogen) atoms. The number of nitrogens with zero attached hydrogens (tertiary/aromatic N) is 1. The fourth-order valence-electron chi connectivity index (χ4n) is 5.39. The first-order valence-corrected chi connectivity index (χ1v) is 17.1. The molecule has 4 rings (SSSR count). The van der Waals surface area contributed by atoms with Gasteiger partial charge in [0, 0.05) is 36.8 Å². The Balaban J connectivity index is 0.000000408. The second-order valence-electron chi connectivity index (χ2n) is 12.2. The van der Waals surface area contributed by atoms with Crippen LogP contribution in [-0.4, -0.2) is 82.1 Å². The average molecular weight is 806 g/mol. The molecule has 16 heteroatoms. The minimum absolute atomic E-state index is 0. The van der Waals surface area contributed by atoms with E-state index in [1.165, 1.54) is 36.4 Å². The summed E-state index contributed by atoms with van der Waals surface area (Å²) in [6.07, 6.45) is -5.42. The molecule has 0 radical (unpaired) electrons. The first-order chi connectivity index (χ1) is 23.0. The van der Waals surface area contributed by atoms with Gasteiger partial charge < -0.3 is 25.4 Å². The number of hydrogen-bond acceptors (Lipinski definition) is 6. The van der Waals surface area contributed by atoms with Gasteiger partial charge in [0.2, 0.25) is 11.8 Å². The number of nitrogens with one attached hydrogen (secondary N) is 3. The van der Waals surface area contributed by atoms with Crippen molar-refractivity contribution in [2.45, 2.75) is 51.9 Å². The highest BCUT2D eigenvalue weighted by Gasteiger charge is 2.37. The van der Waals surface area contributed by atoms with Crippen LogP contribution >= 0.6 is 28.3 Å². The number of likely N-dealkylation sites (tertiary alicyclic amines) is 1. The Hall–Kier alpha value is -2.75. The summed E-state index contributed by atoms with van der Waals surface area (Å²) in [6.45, 7) is 8.30. The summed E-state index contributed by atoms with van der Waals surface area (Å²) in [7, 11) is 3.33. The highest BCUT2D eigenvalue weighted by molar-refractivity contribution is 9.09. The highest BCUT2D eigenvalue weighted by Crippen LogP contribution is 2.37. The Labute approximate surface area is 304 Å². The zero-order valence-corrected chi connectivity index (χ0v) is 31.1. The lowest BCUT2D eigenvalue weighted by molar-refractivity contribution is -0.139. The monoisotopic (exact) mass is 804 g/mol. The predicted molar refractivity (Wildman–Crippen MR) is 187 cm³/mol. The average Bonchev–Trinajstić information content (AvgIpc) is 3.08. The van der Waals surface area contributed by atoms with Gasteiger partial charge in [-0.05, 0) is 76.1 Å². The Bertz CT molecular complexity index is 1320. The molecule has 284 valence electrons. The molecule has 2 aliphatic rings. The molecule has 2 fully saturated rings. The van der Waals surface area contributed by atoms with Gasteiger partial charge in [-0.25, -0.2) is 0 Å². The van der Waals surface area contributed by atoms with Crippen LogP contribution in [0.4, 0.5) is 26.3 Å². The molecule has 2 aromatic carbocycles. The Morgan fingerprint density at radius 2 is 1.16 bits per heavy atom. The Morgan fingerprint density at radius 1 is 0.760 bits per heavy atom. The van der Waals surface area contributed by atoms with E-state index in [-0.39, 0.29) is 59.8 Å². The van der Waals surface area contributed by atoms with Crippen molar-refractivity contribution in [3.05, 3.63) is 59.7 Å². The number of alkyl halides is 7. The normalized spacial score (nSPS) is 16.9. The lowest BCUT2D eigenvalue weighted by atomic mass is 9.79. The van der Waals surface area contributed by atoms with Crippen LogP contribution in [0, 0.1) is 10.8 Å². The number of hydrogen-bond donors (Lipinski definition) is 3. The number of carbonyl (C=O) groups is 2. The predicted octanol–water partition coefficient (Wildman–Crippen LogP) is 6.96. The number of ether oxygens (including phenoxy) is 2. The molecule has 0 atom stereocenters. The number of benzene rings is 2. The molecule has 0 aliphatic carbocycles. The van der Waals surface area contributed by atoms with Crippen molar-refractivity contribution in [1.29, 1.82) is 0 Å². The highest BCUT2D eigenvalue weighted by atomic mass is 79.9. The van der Waals surface area contributed by atoms with E-state index in [0.29, 0.717) is 11.9 Å². The maximum atomic E-state index is 12.9. The second-order valence-corrected chi connectivity index (χ2v) is 13.0. The third kappa shape index (κ3) is 14.1. The molecular formula is C34H48BrClF6N4O4. The molecule has 0 aromatic heterocycles. The standard InChI is InChI=1S/C17H23F3N2O2.C9H8BrF3O.C8H16N2O.ClH/c1-16(15(23)21-2)7-9-22(10-8-16)11-12-24-14-6-4-3-5-13(14)17(18,19)20;10-5-6-14-8-4-2-1-3-7(8)9(11,12)13;1-8(7(11)9-2)3-5-10-6-4-8;/h3-6H,7-12H2,1-2H3,(H,21,23);1-4H,5-6H2;10H,3-6H2,1-2H3,(H,9,11);1H. The van der Waals surface area contributed by atoms with E-state index >= 15 is 0 Å². The minimum Gasteiger partial charge on any atom is -0.492 e. The van der Waals surface area contributed by atoms with E-state index in [2.05, 4.69) is 36.8 Å². The van der Waals surface area contributed by atoms with E-state index in [9.17, 15) is 35.9 Å². The molecule has 0 saturated carbocycles. The molecule has 0 spiro atoms. The third-order valence-corrected chi connectivity index (χ3v) is 8.93. The molecule has 2 aliphatic heterocycles. The van der Waals surface area contributed by atoms with Crippen molar-refractivity contribution < 1.29 is 45.4 Å². The van der Waals surface area contributed by atoms with Gasteiger partial charge in [0.15, 0.2) is 0 Å². The quantitative estimate of drug-likeness (QED) is 0.188. The third-order valence-electron chi connectivity index (χ3n) is 8.60. The maximum absolute atomic E-state index is 12.9. The van der Waals surface area contributed by atoms with Crippen LogP contribution in [0.1, 0.15) is 50.7 Å². The number of carbonyl (C=O) groups excluding carboxylic acids is 2. The second kappa shape index (κ2) is 20.9. The number of amides is 2. The topological polar surface area (TPSA) is 91.9 Å². The van der Waals surface area contributed by atoms with Gasteiger partial charge in [-0.15, -0.1) is 12.4 Å². The summed E-state index contributed by atoms with van der Waals surface area (Å²) in [5.74, 6) is -0.0480. The van der Waals surface area contributed by atoms with Gasteiger partial charge in [-0.1, -0.05) is 54.0 Å². The minimum atomic E-state index is -4.42. The molecule has 0 unspecified atom stereocenters. The lowest BCUT2D eigenvalue weighted by Gasteiger charge is -2.37. The van der Waals surface area contributed by atoms with Crippen LogP contribution in [0.5, 0.6) is 11.5 Å². The fourth-order valence-corrected chi connectivity index (χ4v) is 5.55. The van der Waals surface area contributed by atoms with Crippen LogP contribution < -0.4 is 25.4 Å². The van der Waals surface area contributed by atoms with Crippen LogP contribution in [0.25, 0.3) is 0 Å². The number of rotatable bonds is 9. The van der Waals surface area contributed by atoms with E-state index in [4.69, 9.17) is 9.47 Å². The molecule has 3 N–H and O–H groups in total. The lowest BCUT2D eigenvalue weighted by Crippen LogP contribution is -2.47. The molecule has 2 amide bonds. The maximum Gasteiger partial charge on any atom is 0.419 e. The van der Waals surface area contributed by atoms with Crippen molar-refractivity contribution >= 4 is 40.2 Å². The van der Waals surface area contributed by atoms with E-state index in [1.807, 2.05) is 13.8 Å². The summed E-state index contributed by atoms with van der Waals surface area (Å²) in [5, 5.41) is 9.13. The van der Waals surface area contributed by atoms with Crippen LogP contribution in [0.2, 0.25) is 0 Å². The molecule has 8 nitrogen and oxygen atoms in total. The van der Waals surface area contributed by atoms with Crippen LogP contribution in [0.3, 0.4) is 0 Å². The van der Waals surface area contributed by atoms with Gasteiger partial charge in [-0.2, -0.15) is 26.3 Å². The first-order valence-electron chi connectivity index (χ1n) is 16.0. The smallest absolute Gasteiger partial charge is 0.419 e. The van der Waals surface area contributed by atoms with E-state index in [1.54, 1.807) is 14.1 Å². The van der Waals surface area contributed by atoms with Crippen molar-refractivity contribution in [3.63, 3.8) is 0 Å². The number of piperidine rings is 2. The number of halogens is 8. The van der Waals surface area contributed by atoms with Crippen LogP contribution in [-0.2, 0) is 21.9 Å². The summed E-state index contributed by atoms with van der Waals surface area (Å²) in [6, 6.07) is 10.4. The molecule has 2 heterocycles. The zero-order chi connectivity index (χ0) is 36.7. The largest absolute Gasteiger partial charge is 0.492 e. The van der Waals surface area contributed by atoms with Crippen molar-refractivity contribution in [2.75, 3.05) is 65.4 Å². The Morgan fingerprint density at radius 3 is 1.56 bits per heavy atom. The van der Waals surface area contributed by atoms with Gasteiger partial charge in [-0.3, -0.25) is 14.5 Å². The van der Waals surface area contributed by atoms with Gasteiger partial charge >= 0.3 is 12.4 Å². The molecule has 0 bridgehead atoms. The Kier molecular flexibility index (Phi) is 19.0. The summed E-state index contributed by atoms with van der Waals surface area (Å²) >= 11 is 3.08. The van der Waals surface area contributed by atoms with E-state index < -0.39 is 23.5 Å². The summed E-state index contributed by atoms with van der Waals surface area (Å²) < 4.78 is 86.1. The number of para-hydroxylation sites is 2. The van der Waals surface area contributed by atoms with Crippen molar-refractivity contribution in [2.24, 2.45) is 10.8 Å². The molecular weight excluding hydrogens is 758 g/mol. The first kappa shape index (κ1) is 45.3. The van der Waals surface area contributed by atoms with E-state index in [0.717, 1.165) is 64.0 Å². The summed E-state index contributed by atoms with van der Waals surface area (Å²) in [5.41, 5.74) is -1.98. The van der Waals surface area contributed by atoms with Gasteiger partial charge in [0.1, 0.15) is 18.1 Å². The van der Waals surface area contributed by atoms with Crippen LogP contribution in [0.15, 0.2) is 48.5 Å².